The predicted octanol–water partition coefficient (Wildman–Crippen LogP) is 0.0407. The number of rotatable bonds is 4. The van der Waals surface area contributed by atoms with Crippen molar-refractivity contribution in [2.24, 2.45) is 0 Å². The Hall–Kier alpha value is -1.12. The number of hydrogen-bond acceptors (Lipinski definition) is 4. The molecule has 5 heteroatoms. The van der Waals surface area contributed by atoms with Crippen molar-refractivity contribution in [3.63, 3.8) is 0 Å². The molecule has 0 aromatic rings. The van der Waals surface area contributed by atoms with Gasteiger partial charge in [-0.3, -0.25) is 4.79 Å². The Labute approximate surface area is 103 Å². The molecule has 0 radical (unpaired) electrons. The van der Waals surface area contributed by atoms with Crippen LogP contribution >= 0.6 is 0 Å². The zero-order chi connectivity index (χ0) is 13.1. The van der Waals surface area contributed by atoms with Crippen molar-refractivity contribution in [3.05, 3.63) is 0 Å². The van der Waals surface area contributed by atoms with Crippen LogP contribution in [0.4, 0.5) is 0 Å². The lowest BCUT2D eigenvalue weighted by atomic mass is 9.96. The molecule has 0 aromatic carbocycles. The average Bonchev–Trinajstić information content (AvgIpc) is 2.21. The Balaban J connectivity index is 2.72. The van der Waals surface area contributed by atoms with E-state index in [1.165, 1.54) is 0 Å². The van der Waals surface area contributed by atoms with Gasteiger partial charge >= 0.3 is 0 Å². The Bertz CT molecular complexity index is 319. The zero-order valence-corrected chi connectivity index (χ0v) is 11.2. The Morgan fingerprint density at radius 1 is 1.59 bits per heavy atom. The summed E-state index contributed by atoms with van der Waals surface area (Å²) in [6, 6.07) is 1.72. The van der Waals surface area contributed by atoms with Crippen LogP contribution in [0.1, 0.15) is 20.3 Å². The third-order valence-corrected chi connectivity index (χ3v) is 3.14. The molecule has 1 rings (SSSR count). The quantitative estimate of drug-likeness (QED) is 0.751. The van der Waals surface area contributed by atoms with Gasteiger partial charge in [0.05, 0.1) is 12.5 Å². The van der Waals surface area contributed by atoms with Crippen molar-refractivity contribution in [1.82, 2.24) is 15.1 Å². The average molecular weight is 238 g/mol. The van der Waals surface area contributed by atoms with Crippen LogP contribution in [-0.2, 0) is 4.79 Å². The van der Waals surface area contributed by atoms with Crippen molar-refractivity contribution >= 4 is 5.91 Å². The highest BCUT2D eigenvalue weighted by Crippen LogP contribution is 2.20. The van der Waals surface area contributed by atoms with E-state index in [0.717, 1.165) is 13.1 Å². The van der Waals surface area contributed by atoms with Crippen molar-refractivity contribution in [2.75, 3.05) is 33.7 Å². The number of nitrogens with one attached hydrogen (secondary N) is 1. The highest BCUT2D eigenvalue weighted by molar-refractivity contribution is 5.83. The first-order valence-electron chi connectivity index (χ1n) is 5.95. The second-order valence-corrected chi connectivity index (χ2v) is 5.40. The van der Waals surface area contributed by atoms with Crippen LogP contribution in [0, 0.1) is 11.3 Å². The van der Waals surface area contributed by atoms with Gasteiger partial charge in [0.15, 0.2) is 0 Å². The van der Waals surface area contributed by atoms with Gasteiger partial charge in [0.25, 0.3) is 0 Å². The van der Waals surface area contributed by atoms with Crippen LogP contribution in [0.25, 0.3) is 0 Å². The first-order valence-corrected chi connectivity index (χ1v) is 5.95. The van der Waals surface area contributed by atoms with Crippen LogP contribution < -0.4 is 5.32 Å². The van der Waals surface area contributed by atoms with Gasteiger partial charge in [-0.1, -0.05) is 0 Å². The molecule has 1 unspecified atom stereocenters. The summed E-state index contributed by atoms with van der Waals surface area (Å²) >= 11 is 0. The summed E-state index contributed by atoms with van der Waals surface area (Å²) in [6.07, 6.45) is 0.243. The minimum atomic E-state index is -0.338. The minimum Gasteiger partial charge on any atom is -0.334 e. The number of piperazine rings is 1. The smallest absolute Gasteiger partial charge is 0.241 e. The number of nitrogens with zero attached hydrogens (tertiary/aromatic N) is 3. The van der Waals surface area contributed by atoms with E-state index in [1.54, 1.807) is 0 Å². The first kappa shape index (κ1) is 13.9. The molecule has 5 nitrogen and oxygen atoms in total. The molecule has 0 saturated carbocycles. The summed E-state index contributed by atoms with van der Waals surface area (Å²) in [7, 11) is 3.98. The van der Waals surface area contributed by atoms with E-state index in [1.807, 2.05) is 19.0 Å². The summed E-state index contributed by atoms with van der Waals surface area (Å²) < 4.78 is 0. The predicted molar refractivity (Wildman–Crippen MR) is 66.4 cm³/mol. The monoisotopic (exact) mass is 238 g/mol. The lowest BCUT2D eigenvalue weighted by Gasteiger charge is -2.45. The highest BCUT2D eigenvalue weighted by atomic mass is 16.2. The first-order chi connectivity index (χ1) is 7.88. The molecule has 1 amide bonds. The number of amides is 1. The maximum absolute atomic E-state index is 12.2. The molecular weight excluding hydrogens is 216 g/mol. The fraction of sp³-hybridized carbons (Fsp3) is 0.833. The maximum Gasteiger partial charge on any atom is 0.241 e. The molecule has 1 atom stereocenters. The fourth-order valence-electron chi connectivity index (χ4n) is 2.01. The van der Waals surface area contributed by atoms with Gasteiger partial charge in [-0.2, -0.15) is 5.26 Å². The van der Waals surface area contributed by atoms with E-state index in [9.17, 15) is 4.79 Å². The van der Waals surface area contributed by atoms with Gasteiger partial charge in [0, 0.05) is 25.2 Å². The minimum absolute atomic E-state index is 0.0460. The number of nitriles is 1. The lowest BCUT2D eigenvalue weighted by Crippen LogP contribution is -2.65. The van der Waals surface area contributed by atoms with E-state index >= 15 is 0 Å². The summed E-state index contributed by atoms with van der Waals surface area (Å²) in [6.45, 7) is 6.39. The van der Waals surface area contributed by atoms with Gasteiger partial charge in [0.1, 0.15) is 6.04 Å². The van der Waals surface area contributed by atoms with Crippen LogP contribution in [0.15, 0.2) is 0 Å². The number of carbonyl (C=O) groups excluding carboxylic acids is 1. The molecule has 0 aliphatic carbocycles. The fourth-order valence-corrected chi connectivity index (χ4v) is 2.01. The Morgan fingerprint density at radius 2 is 2.24 bits per heavy atom. The lowest BCUT2D eigenvalue weighted by molar-refractivity contribution is -0.142. The Kier molecular flexibility index (Phi) is 4.49. The second-order valence-electron chi connectivity index (χ2n) is 5.40. The highest BCUT2D eigenvalue weighted by Gasteiger charge is 2.39. The van der Waals surface area contributed by atoms with Crippen molar-refractivity contribution in [3.8, 4) is 6.07 Å². The van der Waals surface area contributed by atoms with Gasteiger partial charge in [-0.25, -0.2) is 0 Å². The molecule has 0 aromatic heterocycles. The summed E-state index contributed by atoms with van der Waals surface area (Å²) in [5.74, 6) is 0.0460. The van der Waals surface area contributed by atoms with Crippen LogP contribution in [-0.4, -0.2) is 61.0 Å². The van der Waals surface area contributed by atoms with Gasteiger partial charge < -0.3 is 15.1 Å². The van der Waals surface area contributed by atoms with E-state index in [0.29, 0.717) is 6.54 Å². The number of carbonyl (C=O) groups is 1. The van der Waals surface area contributed by atoms with Crippen molar-refractivity contribution in [2.45, 2.75) is 31.8 Å². The van der Waals surface area contributed by atoms with Crippen LogP contribution in [0.5, 0.6) is 0 Å². The SMILES string of the molecule is CN(C)CCN1C(=O)C(CC#N)NCC1(C)C. The third kappa shape index (κ3) is 3.42. The summed E-state index contributed by atoms with van der Waals surface area (Å²) in [5, 5.41) is 11.9. The van der Waals surface area contributed by atoms with E-state index in [4.69, 9.17) is 5.26 Å². The third-order valence-electron chi connectivity index (χ3n) is 3.14. The molecule has 1 N–H and O–H groups in total. The second kappa shape index (κ2) is 5.48. The molecule has 17 heavy (non-hydrogen) atoms. The number of likely N-dealkylation sites (N-methyl/N-ethyl adjacent to an activating group) is 1. The summed E-state index contributed by atoms with van der Waals surface area (Å²) in [5.41, 5.74) is -0.181. The molecule has 1 saturated heterocycles. The number of hydrogen-bond donors (Lipinski definition) is 1. The molecular formula is C12H22N4O. The molecule has 1 fully saturated rings. The maximum atomic E-state index is 12.2. The molecule has 1 aliphatic rings. The largest absolute Gasteiger partial charge is 0.334 e. The van der Waals surface area contributed by atoms with Crippen LogP contribution in [0.2, 0.25) is 0 Å². The normalized spacial score (nSPS) is 23.9. The van der Waals surface area contributed by atoms with E-state index in [2.05, 4.69) is 30.1 Å². The molecule has 0 spiro atoms. The zero-order valence-electron chi connectivity index (χ0n) is 11.2. The Morgan fingerprint density at radius 3 is 2.76 bits per heavy atom. The van der Waals surface area contributed by atoms with Crippen LogP contribution in [0.3, 0.4) is 0 Å². The van der Waals surface area contributed by atoms with E-state index < -0.39 is 0 Å². The summed E-state index contributed by atoms with van der Waals surface area (Å²) in [4.78, 5) is 16.2. The topological polar surface area (TPSA) is 59.4 Å². The van der Waals surface area contributed by atoms with E-state index in [-0.39, 0.29) is 23.9 Å². The van der Waals surface area contributed by atoms with Gasteiger partial charge in [0.2, 0.25) is 5.91 Å². The molecule has 1 aliphatic heterocycles. The molecule has 1 heterocycles. The van der Waals surface area contributed by atoms with Gasteiger partial charge in [-0.15, -0.1) is 0 Å². The van der Waals surface area contributed by atoms with Gasteiger partial charge in [-0.05, 0) is 27.9 Å². The van der Waals surface area contributed by atoms with Crippen molar-refractivity contribution in [1.29, 1.82) is 5.26 Å². The molecule has 96 valence electrons. The standard InChI is InChI=1S/C12H22N4O/c1-12(2)9-14-10(5-6-13)11(17)16(12)8-7-15(3)4/h10,14H,5,7-9H2,1-4H3. The van der Waals surface area contributed by atoms with Crippen molar-refractivity contribution < 1.29 is 4.79 Å². The molecule has 0 bridgehead atoms.